The highest BCUT2D eigenvalue weighted by molar-refractivity contribution is 5.89. The Morgan fingerprint density at radius 1 is 1.12 bits per heavy atom. The largest absolute Gasteiger partial charge is 0.322 e. The Morgan fingerprint density at radius 2 is 1.96 bits per heavy atom. The highest BCUT2D eigenvalue weighted by Crippen LogP contribution is 2.32. The number of aryl methyl sites for hydroxylation is 1. The molecular weight excluding hydrogens is 328 g/mol. The van der Waals surface area contributed by atoms with E-state index in [1.165, 1.54) is 6.42 Å². The Bertz CT molecular complexity index is 835. The molecule has 0 radical (unpaired) electrons. The van der Waals surface area contributed by atoms with Crippen LogP contribution < -0.4 is 5.32 Å². The van der Waals surface area contributed by atoms with Crippen LogP contribution in [0.25, 0.3) is 0 Å². The topological polar surface area (TPSA) is 86.8 Å². The maximum absolute atomic E-state index is 12.8. The molecule has 7 heteroatoms. The number of anilines is 1. The summed E-state index contributed by atoms with van der Waals surface area (Å²) in [4.78, 5) is 14.7. The second kappa shape index (κ2) is 7.16. The van der Waals surface area contributed by atoms with Crippen LogP contribution in [0.15, 0.2) is 24.3 Å². The summed E-state index contributed by atoms with van der Waals surface area (Å²) in [6.45, 7) is 1.66. The van der Waals surface area contributed by atoms with Gasteiger partial charge in [0.25, 0.3) is 0 Å². The van der Waals surface area contributed by atoms with Crippen molar-refractivity contribution in [2.75, 3.05) is 11.9 Å². The van der Waals surface area contributed by atoms with E-state index in [-0.39, 0.29) is 12.1 Å². The number of amides is 2. The van der Waals surface area contributed by atoms with Crippen molar-refractivity contribution in [3.05, 3.63) is 41.5 Å². The lowest BCUT2D eigenvalue weighted by molar-refractivity contribution is 0.203. The normalized spacial score (nSPS) is 19.5. The molecule has 1 aromatic carbocycles. The minimum absolute atomic E-state index is 0.0206. The third kappa shape index (κ3) is 3.15. The van der Waals surface area contributed by atoms with Crippen LogP contribution >= 0.6 is 0 Å². The molecule has 7 nitrogen and oxygen atoms in total. The average molecular weight is 350 g/mol. The molecule has 1 atom stereocenters. The van der Waals surface area contributed by atoms with E-state index >= 15 is 0 Å². The molecule has 1 fully saturated rings. The number of rotatable bonds is 2. The van der Waals surface area contributed by atoms with Crippen molar-refractivity contribution in [3.63, 3.8) is 0 Å². The molecule has 4 rings (SSSR count). The fourth-order valence-electron chi connectivity index (χ4n) is 3.86. The molecule has 1 saturated heterocycles. The second-order valence-electron chi connectivity index (χ2n) is 6.91. The summed E-state index contributed by atoms with van der Waals surface area (Å²) in [5.41, 5.74) is 1.27. The van der Waals surface area contributed by atoms with Gasteiger partial charge in [0, 0.05) is 25.2 Å². The van der Waals surface area contributed by atoms with Gasteiger partial charge in [0.05, 0.1) is 17.7 Å². The molecule has 2 aliphatic heterocycles. The first kappa shape index (κ1) is 16.6. The number of aromatic nitrogens is 3. The standard InChI is InChI=1S/C19H22N6O/c20-13-14-7-9-15(10-8-14)21-19(26)24-12-4-5-16(24)18-23-22-17-6-2-1-3-11-25(17)18/h7-10,16H,1-6,11-12H2,(H,21,26). The van der Waals surface area contributed by atoms with E-state index in [1.54, 1.807) is 24.3 Å². The number of carbonyl (C=O) groups is 1. The summed E-state index contributed by atoms with van der Waals surface area (Å²) in [5.74, 6) is 1.98. The van der Waals surface area contributed by atoms with E-state index in [4.69, 9.17) is 5.26 Å². The Morgan fingerprint density at radius 3 is 2.77 bits per heavy atom. The first-order valence-electron chi connectivity index (χ1n) is 9.26. The van der Waals surface area contributed by atoms with E-state index in [9.17, 15) is 4.79 Å². The molecule has 0 spiro atoms. The molecule has 2 amide bonds. The zero-order valence-electron chi connectivity index (χ0n) is 14.7. The van der Waals surface area contributed by atoms with Gasteiger partial charge in [-0.3, -0.25) is 0 Å². The summed E-state index contributed by atoms with van der Waals surface area (Å²) in [6.07, 6.45) is 6.37. The van der Waals surface area contributed by atoms with Crippen molar-refractivity contribution < 1.29 is 4.79 Å². The lowest BCUT2D eigenvalue weighted by Gasteiger charge is -2.25. The molecule has 3 heterocycles. The SMILES string of the molecule is N#Cc1ccc(NC(=O)N2CCCC2c2nnc3n2CCCCC3)cc1. The molecule has 0 bridgehead atoms. The van der Waals surface area contributed by atoms with Gasteiger partial charge in [0.1, 0.15) is 5.82 Å². The third-order valence-electron chi connectivity index (χ3n) is 5.22. The quantitative estimate of drug-likeness (QED) is 0.901. The summed E-state index contributed by atoms with van der Waals surface area (Å²) in [7, 11) is 0. The molecule has 0 aliphatic carbocycles. The van der Waals surface area contributed by atoms with E-state index < -0.39 is 0 Å². The zero-order chi connectivity index (χ0) is 17.9. The van der Waals surface area contributed by atoms with Crippen LogP contribution in [0.1, 0.15) is 55.4 Å². The van der Waals surface area contributed by atoms with E-state index in [0.717, 1.165) is 56.8 Å². The van der Waals surface area contributed by atoms with Gasteiger partial charge in [-0.1, -0.05) is 6.42 Å². The van der Waals surface area contributed by atoms with Crippen LogP contribution in [0.3, 0.4) is 0 Å². The van der Waals surface area contributed by atoms with Gasteiger partial charge in [-0.2, -0.15) is 5.26 Å². The highest BCUT2D eigenvalue weighted by Gasteiger charge is 2.34. The number of nitrogens with zero attached hydrogens (tertiary/aromatic N) is 5. The predicted octanol–water partition coefficient (Wildman–Crippen LogP) is 3.25. The molecule has 134 valence electrons. The van der Waals surface area contributed by atoms with Gasteiger partial charge in [0.15, 0.2) is 5.82 Å². The van der Waals surface area contributed by atoms with Gasteiger partial charge >= 0.3 is 6.03 Å². The van der Waals surface area contributed by atoms with E-state index in [1.807, 2.05) is 4.90 Å². The molecule has 1 aromatic heterocycles. The molecule has 26 heavy (non-hydrogen) atoms. The molecule has 2 aliphatic rings. The minimum atomic E-state index is -0.122. The van der Waals surface area contributed by atoms with Gasteiger partial charge < -0.3 is 14.8 Å². The van der Waals surface area contributed by atoms with Crippen LogP contribution in [0, 0.1) is 11.3 Å². The first-order valence-corrected chi connectivity index (χ1v) is 9.26. The Kier molecular flexibility index (Phi) is 4.57. The van der Waals surface area contributed by atoms with Gasteiger partial charge in [0.2, 0.25) is 0 Å². The fourth-order valence-corrected chi connectivity index (χ4v) is 3.86. The zero-order valence-corrected chi connectivity index (χ0v) is 14.7. The first-order chi connectivity index (χ1) is 12.8. The number of hydrogen-bond donors (Lipinski definition) is 1. The average Bonchev–Trinajstić information content (AvgIpc) is 3.23. The maximum Gasteiger partial charge on any atom is 0.322 e. The predicted molar refractivity (Wildman–Crippen MR) is 96.4 cm³/mol. The van der Waals surface area contributed by atoms with Crippen LogP contribution in [-0.4, -0.2) is 32.2 Å². The van der Waals surface area contributed by atoms with Crippen molar-refractivity contribution in [2.45, 2.75) is 51.1 Å². The van der Waals surface area contributed by atoms with Gasteiger partial charge in [-0.05, 0) is 49.9 Å². The number of likely N-dealkylation sites (tertiary alicyclic amines) is 1. The van der Waals surface area contributed by atoms with E-state index in [0.29, 0.717) is 11.3 Å². The Labute approximate surface area is 152 Å². The van der Waals surface area contributed by atoms with Crippen molar-refractivity contribution in [1.29, 1.82) is 5.26 Å². The number of hydrogen-bond acceptors (Lipinski definition) is 4. The summed E-state index contributed by atoms with van der Waals surface area (Å²) < 4.78 is 2.23. The number of fused-ring (bicyclic) bond motifs is 1. The number of nitriles is 1. The smallest absolute Gasteiger partial charge is 0.314 e. The third-order valence-corrected chi connectivity index (χ3v) is 5.22. The molecule has 1 unspecified atom stereocenters. The summed E-state index contributed by atoms with van der Waals surface area (Å²) in [6, 6.07) is 8.86. The number of carbonyl (C=O) groups excluding carboxylic acids is 1. The van der Waals surface area contributed by atoms with Crippen molar-refractivity contribution >= 4 is 11.7 Å². The van der Waals surface area contributed by atoms with Crippen LogP contribution in [0.5, 0.6) is 0 Å². The van der Waals surface area contributed by atoms with Crippen LogP contribution in [0.2, 0.25) is 0 Å². The fraction of sp³-hybridized carbons (Fsp3) is 0.474. The molecular formula is C19H22N6O. The van der Waals surface area contributed by atoms with Crippen molar-refractivity contribution in [1.82, 2.24) is 19.7 Å². The number of urea groups is 1. The minimum Gasteiger partial charge on any atom is -0.314 e. The summed E-state index contributed by atoms with van der Waals surface area (Å²) in [5, 5.41) is 20.6. The van der Waals surface area contributed by atoms with Crippen molar-refractivity contribution in [3.8, 4) is 6.07 Å². The lowest BCUT2D eigenvalue weighted by atomic mass is 10.2. The maximum atomic E-state index is 12.8. The van der Waals surface area contributed by atoms with Crippen molar-refractivity contribution in [2.24, 2.45) is 0 Å². The highest BCUT2D eigenvalue weighted by atomic mass is 16.2. The molecule has 2 aromatic rings. The lowest BCUT2D eigenvalue weighted by Crippen LogP contribution is -2.35. The number of benzene rings is 1. The Balaban J connectivity index is 1.52. The molecule has 1 N–H and O–H groups in total. The Hall–Kier alpha value is -2.88. The van der Waals surface area contributed by atoms with Gasteiger partial charge in [-0.25, -0.2) is 4.79 Å². The number of nitrogens with one attached hydrogen (secondary N) is 1. The summed E-state index contributed by atoms with van der Waals surface area (Å²) >= 11 is 0. The van der Waals surface area contributed by atoms with Crippen LogP contribution in [0.4, 0.5) is 10.5 Å². The second-order valence-corrected chi connectivity index (χ2v) is 6.91. The van der Waals surface area contributed by atoms with Gasteiger partial charge in [-0.15, -0.1) is 10.2 Å². The monoisotopic (exact) mass is 350 g/mol. The molecule has 0 saturated carbocycles. The van der Waals surface area contributed by atoms with E-state index in [2.05, 4.69) is 26.2 Å². The van der Waals surface area contributed by atoms with Crippen LogP contribution in [-0.2, 0) is 13.0 Å².